The molecule has 8 heteroatoms. The molecule has 2 N–H and O–H groups in total. The number of piperidine rings is 3. The SMILES string of the molecule is O=C(O[C@H]1C[N+]2(CCCOc3ccc(CCCO)cc3)CCC1CC2)C(O)(c1cccs1)c1cccs1. The molecule has 3 aliphatic heterocycles. The molecule has 2 aromatic heterocycles. The van der Waals surface area contributed by atoms with E-state index in [1.807, 2.05) is 35.0 Å². The quantitative estimate of drug-likeness (QED) is 0.199. The standard InChI is InChI=1S/C29H36NO5S2/c31-17-1-5-22-8-10-24(11-9-22)34-18-4-14-30-15-12-23(13-16-30)25(21-30)35-28(32)29(33,26-6-2-19-36-26)27-7-3-20-37-27/h2-3,6-11,19-20,23,25,31,33H,1,4-5,12-18,21H2/q+1/t23?,25-,30?/m0/s1. The van der Waals surface area contributed by atoms with Crippen molar-refractivity contribution in [2.24, 2.45) is 5.92 Å². The molecule has 3 fully saturated rings. The van der Waals surface area contributed by atoms with Crippen molar-refractivity contribution in [1.82, 2.24) is 0 Å². The van der Waals surface area contributed by atoms with E-state index in [1.54, 1.807) is 12.1 Å². The summed E-state index contributed by atoms with van der Waals surface area (Å²) >= 11 is 2.75. The first-order valence-electron chi connectivity index (χ1n) is 13.2. The summed E-state index contributed by atoms with van der Waals surface area (Å²) in [4.78, 5) is 14.7. The third-order valence-electron chi connectivity index (χ3n) is 7.94. The van der Waals surface area contributed by atoms with Gasteiger partial charge in [-0.2, -0.15) is 0 Å². The summed E-state index contributed by atoms with van der Waals surface area (Å²) in [7, 11) is 0. The molecule has 1 atom stereocenters. The molecular weight excluding hydrogens is 506 g/mol. The molecule has 37 heavy (non-hydrogen) atoms. The summed E-state index contributed by atoms with van der Waals surface area (Å²) in [6.45, 7) is 4.89. The highest BCUT2D eigenvalue weighted by Crippen LogP contribution is 2.40. The van der Waals surface area contributed by atoms with Crippen LogP contribution in [-0.2, 0) is 21.6 Å². The van der Waals surface area contributed by atoms with Crippen molar-refractivity contribution < 1.29 is 29.0 Å². The van der Waals surface area contributed by atoms with Crippen LogP contribution in [0.2, 0.25) is 0 Å². The Morgan fingerprint density at radius 1 is 1.00 bits per heavy atom. The Balaban J connectivity index is 1.17. The van der Waals surface area contributed by atoms with Crippen molar-refractivity contribution in [2.75, 3.05) is 39.4 Å². The zero-order valence-corrected chi connectivity index (χ0v) is 22.7. The second kappa shape index (κ2) is 11.7. The predicted octanol–water partition coefficient (Wildman–Crippen LogP) is 4.59. The Labute approximate surface area is 226 Å². The first kappa shape index (κ1) is 26.4. The molecule has 3 aromatic rings. The highest BCUT2D eigenvalue weighted by Gasteiger charge is 2.51. The first-order valence-corrected chi connectivity index (χ1v) is 15.0. The third-order valence-corrected chi connectivity index (χ3v) is 9.90. The van der Waals surface area contributed by atoms with Crippen molar-refractivity contribution in [2.45, 2.75) is 43.8 Å². The maximum Gasteiger partial charge on any atom is 0.349 e. The largest absolute Gasteiger partial charge is 0.493 e. The minimum atomic E-state index is -1.75. The first-order chi connectivity index (χ1) is 18.0. The summed E-state index contributed by atoms with van der Waals surface area (Å²) in [5.74, 6) is 0.680. The molecule has 0 amide bonds. The van der Waals surface area contributed by atoms with Gasteiger partial charge in [0.25, 0.3) is 0 Å². The monoisotopic (exact) mass is 542 g/mol. The Hall–Kier alpha value is -2.23. The lowest BCUT2D eigenvalue weighted by molar-refractivity contribution is -0.946. The lowest BCUT2D eigenvalue weighted by Crippen LogP contribution is -2.65. The summed E-state index contributed by atoms with van der Waals surface area (Å²) in [5, 5.41) is 24.4. The molecule has 3 saturated heterocycles. The summed E-state index contributed by atoms with van der Waals surface area (Å²) in [5.41, 5.74) is -0.540. The number of ether oxygens (including phenoxy) is 2. The van der Waals surface area contributed by atoms with E-state index >= 15 is 0 Å². The predicted molar refractivity (Wildman–Crippen MR) is 146 cm³/mol. The molecule has 0 radical (unpaired) electrons. The molecule has 6 rings (SSSR count). The molecule has 5 heterocycles. The van der Waals surface area contributed by atoms with Gasteiger partial charge in [-0.3, -0.25) is 0 Å². The number of hydrogen-bond donors (Lipinski definition) is 2. The smallest absolute Gasteiger partial charge is 0.349 e. The van der Waals surface area contributed by atoms with Crippen LogP contribution in [0.4, 0.5) is 0 Å². The Morgan fingerprint density at radius 2 is 1.68 bits per heavy atom. The lowest BCUT2D eigenvalue weighted by atomic mass is 9.83. The average Bonchev–Trinajstić information content (AvgIpc) is 3.66. The van der Waals surface area contributed by atoms with Gasteiger partial charge in [-0.05, 0) is 53.4 Å². The number of nitrogens with zero attached hydrogens (tertiary/aromatic N) is 1. The second-order valence-corrected chi connectivity index (χ2v) is 12.2. The number of aliphatic hydroxyl groups excluding tert-OH is 1. The lowest BCUT2D eigenvalue weighted by Gasteiger charge is -2.52. The van der Waals surface area contributed by atoms with E-state index in [-0.39, 0.29) is 12.7 Å². The summed E-state index contributed by atoms with van der Waals surface area (Å²) in [6, 6.07) is 15.5. The van der Waals surface area contributed by atoms with E-state index in [2.05, 4.69) is 12.1 Å². The Kier molecular flexibility index (Phi) is 8.31. The van der Waals surface area contributed by atoms with Crippen LogP contribution < -0.4 is 4.74 Å². The Morgan fingerprint density at radius 3 is 2.27 bits per heavy atom. The van der Waals surface area contributed by atoms with Gasteiger partial charge in [-0.15, -0.1) is 22.7 Å². The summed E-state index contributed by atoms with van der Waals surface area (Å²) < 4.78 is 13.1. The number of esters is 1. The van der Waals surface area contributed by atoms with Crippen molar-refractivity contribution in [1.29, 1.82) is 0 Å². The van der Waals surface area contributed by atoms with Gasteiger partial charge in [0.2, 0.25) is 5.60 Å². The van der Waals surface area contributed by atoms with Gasteiger partial charge in [0, 0.05) is 31.8 Å². The molecule has 0 unspecified atom stereocenters. The topological polar surface area (TPSA) is 76.0 Å². The van der Waals surface area contributed by atoms with Gasteiger partial charge >= 0.3 is 5.97 Å². The molecule has 198 valence electrons. The molecular formula is C29H36NO5S2+. The molecule has 3 aliphatic rings. The van der Waals surface area contributed by atoms with E-state index in [9.17, 15) is 9.90 Å². The maximum atomic E-state index is 13.5. The van der Waals surface area contributed by atoms with Crippen molar-refractivity contribution >= 4 is 28.6 Å². The molecule has 0 aliphatic carbocycles. The van der Waals surface area contributed by atoms with E-state index in [1.165, 1.54) is 28.2 Å². The van der Waals surface area contributed by atoms with Gasteiger partial charge in [-0.25, -0.2) is 4.79 Å². The van der Waals surface area contributed by atoms with Gasteiger partial charge < -0.3 is 24.2 Å². The van der Waals surface area contributed by atoms with Gasteiger partial charge in [-0.1, -0.05) is 24.3 Å². The van der Waals surface area contributed by atoms with Gasteiger partial charge in [0.05, 0.1) is 36.0 Å². The average molecular weight is 543 g/mol. The van der Waals surface area contributed by atoms with Crippen molar-refractivity contribution in [3.05, 3.63) is 74.6 Å². The van der Waals surface area contributed by atoms with Crippen LogP contribution in [0.15, 0.2) is 59.3 Å². The number of quaternary nitrogens is 1. The molecule has 2 bridgehead atoms. The van der Waals surface area contributed by atoms with Crippen LogP contribution in [-0.4, -0.2) is 66.2 Å². The second-order valence-electron chi connectivity index (χ2n) is 10.3. The minimum absolute atomic E-state index is 0.172. The number of fused-ring (bicyclic) bond motifs is 3. The maximum absolute atomic E-state index is 13.5. The number of benzene rings is 1. The fourth-order valence-electron chi connectivity index (χ4n) is 5.81. The highest BCUT2D eigenvalue weighted by atomic mass is 32.1. The number of thiophene rings is 2. The fourth-order valence-corrected chi connectivity index (χ4v) is 7.52. The number of carbonyl (C=O) groups is 1. The van der Waals surface area contributed by atoms with Gasteiger partial charge in [0.15, 0.2) is 6.10 Å². The molecule has 1 aromatic carbocycles. The van der Waals surface area contributed by atoms with Gasteiger partial charge in [0.1, 0.15) is 12.3 Å². The highest BCUT2D eigenvalue weighted by molar-refractivity contribution is 7.12. The zero-order valence-electron chi connectivity index (χ0n) is 21.1. The third kappa shape index (κ3) is 5.78. The van der Waals surface area contributed by atoms with Crippen LogP contribution in [0.25, 0.3) is 0 Å². The molecule has 6 nitrogen and oxygen atoms in total. The summed E-state index contributed by atoms with van der Waals surface area (Å²) in [6.07, 6.45) is 4.51. The van der Waals surface area contributed by atoms with Crippen LogP contribution in [0, 0.1) is 5.92 Å². The van der Waals surface area contributed by atoms with Crippen molar-refractivity contribution in [3.63, 3.8) is 0 Å². The number of aryl methyl sites for hydroxylation is 1. The fraction of sp³-hybridized carbons (Fsp3) is 0.483. The van der Waals surface area contributed by atoms with E-state index < -0.39 is 11.6 Å². The van der Waals surface area contributed by atoms with E-state index in [0.29, 0.717) is 22.3 Å². The van der Waals surface area contributed by atoms with Crippen LogP contribution in [0.1, 0.15) is 41.0 Å². The van der Waals surface area contributed by atoms with E-state index in [4.69, 9.17) is 14.6 Å². The van der Waals surface area contributed by atoms with Crippen molar-refractivity contribution in [3.8, 4) is 5.75 Å². The zero-order chi connectivity index (χ0) is 25.7. The molecule has 0 spiro atoms. The van der Waals surface area contributed by atoms with Crippen LogP contribution >= 0.6 is 22.7 Å². The normalized spacial score (nSPS) is 23.2. The number of carbonyl (C=O) groups excluding carboxylic acids is 1. The minimum Gasteiger partial charge on any atom is -0.493 e. The van der Waals surface area contributed by atoms with Crippen LogP contribution in [0.3, 0.4) is 0 Å². The number of aliphatic hydroxyl groups is 2. The number of hydrogen-bond acceptors (Lipinski definition) is 7. The van der Waals surface area contributed by atoms with E-state index in [0.717, 1.165) is 68.5 Å². The van der Waals surface area contributed by atoms with Crippen LogP contribution in [0.5, 0.6) is 5.75 Å². The molecule has 0 saturated carbocycles. The Bertz CT molecular complexity index is 1090. The number of rotatable bonds is 12.